The highest BCUT2D eigenvalue weighted by atomic mass is 32.2. The summed E-state index contributed by atoms with van der Waals surface area (Å²) in [6, 6.07) is 10.0. The van der Waals surface area contributed by atoms with Gasteiger partial charge in [-0.05, 0) is 42.8 Å². The number of carbonyl (C=O) groups excluding carboxylic acids is 1. The standard InChI is InChI=1S/C22H26N2O7S/c1-2-29-19-6-4-17(15-21(19)32(26,27)24-7-9-28-10-8-24)23-22(25)14-16-3-5-18-20(13-16)31-12-11-30-18/h3-6,13,15H,2,7-12,14H2,1H3,(H,23,25). The molecule has 2 aromatic carbocycles. The third-order valence-electron chi connectivity index (χ3n) is 5.09. The van der Waals surface area contributed by atoms with Crippen LogP contribution in [0.3, 0.4) is 0 Å². The molecule has 9 nitrogen and oxygen atoms in total. The van der Waals surface area contributed by atoms with Gasteiger partial charge in [-0.25, -0.2) is 8.42 Å². The Kier molecular flexibility index (Phi) is 6.83. The van der Waals surface area contributed by atoms with E-state index in [9.17, 15) is 13.2 Å². The Balaban J connectivity index is 1.52. The summed E-state index contributed by atoms with van der Waals surface area (Å²) < 4.78 is 49.6. The number of anilines is 1. The molecule has 0 spiro atoms. The van der Waals surface area contributed by atoms with Gasteiger partial charge in [-0.2, -0.15) is 4.31 Å². The highest BCUT2D eigenvalue weighted by Gasteiger charge is 2.30. The zero-order chi connectivity index (χ0) is 22.6. The van der Waals surface area contributed by atoms with E-state index in [-0.39, 0.29) is 36.1 Å². The van der Waals surface area contributed by atoms with Gasteiger partial charge in [-0.1, -0.05) is 6.07 Å². The molecule has 172 valence electrons. The Bertz CT molecular complexity index is 1080. The molecule has 0 saturated carbocycles. The molecule has 1 fully saturated rings. The van der Waals surface area contributed by atoms with Gasteiger partial charge in [0.25, 0.3) is 0 Å². The van der Waals surface area contributed by atoms with E-state index in [1.54, 1.807) is 37.3 Å². The van der Waals surface area contributed by atoms with E-state index < -0.39 is 10.0 Å². The van der Waals surface area contributed by atoms with Gasteiger partial charge in [0.15, 0.2) is 11.5 Å². The topological polar surface area (TPSA) is 103 Å². The normalized spacial score (nSPS) is 16.4. The van der Waals surface area contributed by atoms with Gasteiger partial charge in [-0.3, -0.25) is 4.79 Å². The van der Waals surface area contributed by atoms with Crippen molar-refractivity contribution in [1.82, 2.24) is 4.31 Å². The summed E-state index contributed by atoms with van der Waals surface area (Å²) in [5.74, 6) is 1.25. The molecule has 0 aromatic heterocycles. The van der Waals surface area contributed by atoms with Crippen molar-refractivity contribution in [2.24, 2.45) is 0 Å². The van der Waals surface area contributed by atoms with Crippen LogP contribution < -0.4 is 19.5 Å². The quantitative estimate of drug-likeness (QED) is 0.672. The maximum absolute atomic E-state index is 13.2. The molecule has 0 unspecified atom stereocenters. The molecular formula is C22H26N2O7S. The monoisotopic (exact) mass is 462 g/mol. The smallest absolute Gasteiger partial charge is 0.246 e. The predicted molar refractivity (Wildman–Crippen MR) is 117 cm³/mol. The third-order valence-corrected chi connectivity index (χ3v) is 7.01. The van der Waals surface area contributed by atoms with Crippen molar-refractivity contribution in [2.45, 2.75) is 18.2 Å². The molecule has 0 atom stereocenters. The van der Waals surface area contributed by atoms with E-state index in [4.69, 9.17) is 18.9 Å². The molecule has 1 amide bonds. The fourth-order valence-electron chi connectivity index (χ4n) is 3.58. The maximum atomic E-state index is 13.2. The lowest BCUT2D eigenvalue weighted by Crippen LogP contribution is -2.40. The minimum atomic E-state index is -3.80. The third kappa shape index (κ3) is 4.98. The van der Waals surface area contributed by atoms with E-state index >= 15 is 0 Å². The summed E-state index contributed by atoms with van der Waals surface area (Å²) in [7, 11) is -3.80. The van der Waals surface area contributed by atoms with Crippen LogP contribution in [0.15, 0.2) is 41.3 Å². The first-order chi connectivity index (χ1) is 15.5. The Morgan fingerprint density at radius 2 is 1.78 bits per heavy atom. The van der Waals surface area contributed by atoms with Crippen molar-refractivity contribution in [3.05, 3.63) is 42.0 Å². The molecule has 1 saturated heterocycles. The van der Waals surface area contributed by atoms with Gasteiger partial charge in [-0.15, -0.1) is 0 Å². The Morgan fingerprint density at radius 1 is 1.03 bits per heavy atom. The van der Waals surface area contributed by atoms with Gasteiger partial charge in [0.2, 0.25) is 15.9 Å². The van der Waals surface area contributed by atoms with Crippen molar-refractivity contribution >= 4 is 21.6 Å². The van der Waals surface area contributed by atoms with Crippen molar-refractivity contribution in [1.29, 1.82) is 0 Å². The lowest BCUT2D eigenvalue weighted by atomic mass is 10.1. The van der Waals surface area contributed by atoms with E-state index in [1.807, 2.05) is 0 Å². The minimum absolute atomic E-state index is 0.0263. The van der Waals surface area contributed by atoms with Crippen LogP contribution in [0.25, 0.3) is 0 Å². The molecule has 10 heteroatoms. The second-order valence-electron chi connectivity index (χ2n) is 7.31. The van der Waals surface area contributed by atoms with Crippen LogP contribution in [0, 0.1) is 0 Å². The summed E-state index contributed by atoms with van der Waals surface area (Å²) >= 11 is 0. The number of nitrogens with zero attached hydrogens (tertiary/aromatic N) is 1. The van der Waals surface area contributed by atoms with Crippen molar-refractivity contribution in [3.8, 4) is 17.2 Å². The number of carbonyl (C=O) groups is 1. The average Bonchev–Trinajstić information content (AvgIpc) is 2.80. The van der Waals surface area contributed by atoms with Gasteiger partial charge in [0.05, 0.1) is 26.2 Å². The van der Waals surface area contributed by atoms with E-state index in [0.29, 0.717) is 50.2 Å². The number of fused-ring (bicyclic) bond motifs is 1. The van der Waals surface area contributed by atoms with Crippen LogP contribution >= 0.6 is 0 Å². The molecule has 2 aliphatic heterocycles. The zero-order valence-electron chi connectivity index (χ0n) is 17.8. The first-order valence-electron chi connectivity index (χ1n) is 10.5. The average molecular weight is 463 g/mol. The molecule has 0 aliphatic carbocycles. The van der Waals surface area contributed by atoms with Crippen molar-refractivity contribution in [2.75, 3.05) is 51.4 Å². The lowest BCUT2D eigenvalue weighted by molar-refractivity contribution is -0.115. The number of ether oxygens (including phenoxy) is 4. The minimum Gasteiger partial charge on any atom is -0.492 e. The van der Waals surface area contributed by atoms with Gasteiger partial charge in [0, 0.05) is 18.8 Å². The van der Waals surface area contributed by atoms with Gasteiger partial charge in [0.1, 0.15) is 23.9 Å². The van der Waals surface area contributed by atoms with Crippen LogP contribution in [0.4, 0.5) is 5.69 Å². The molecule has 0 bridgehead atoms. The Morgan fingerprint density at radius 3 is 2.53 bits per heavy atom. The molecule has 2 aromatic rings. The number of morpholine rings is 1. The summed E-state index contributed by atoms with van der Waals surface area (Å²) in [5.41, 5.74) is 1.14. The van der Waals surface area contributed by atoms with Crippen LogP contribution in [-0.2, 0) is 26.0 Å². The molecule has 4 rings (SSSR count). The van der Waals surface area contributed by atoms with Crippen molar-refractivity contribution in [3.63, 3.8) is 0 Å². The van der Waals surface area contributed by atoms with Crippen molar-refractivity contribution < 1.29 is 32.2 Å². The SMILES string of the molecule is CCOc1ccc(NC(=O)Cc2ccc3c(c2)OCCO3)cc1S(=O)(=O)N1CCOCC1. The summed E-state index contributed by atoms with van der Waals surface area (Å²) in [6.45, 7) is 4.30. The van der Waals surface area contributed by atoms with Crippen LogP contribution in [0.2, 0.25) is 0 Å². The summed E-state index contributed by atoms with van der Waals surface area (Å²) in [4.78, 5) is 12.7. The lowest BCUT2D eigenvalue weighted by Gasteiger charge is -2.27. The van der Waals surface area contributed by atoms with Crippen LogP contribution in [0.1, 0.15) is 12.5 Å². The van der Waals surface area contributed by atoms with Gasteiger partial charge >= 0.3 is 0 Å². The number of amides is 1. The summed E-state index contributed by atoms with van der Waals surface area (Å²) in [6.07, 6.45) is 0.107. The number of benzene rings is 2. The first kappa shape index (κ1) is 22.4. The molecule has 32 heavy (non-hydrogen) atoms. The number of hydrogen-bond donors (Lipinski definition) is 1. The fourth-order valence-corrected chi connectivity index (χ4v) is 5.14. The van der Waals surface area contributed by atoms with Crippen LogP contribution in [0.5, 0.6) is 17.2 Å². The molecule has 2 heterocycles. The van der Waals surface area contributed by atoms with Gasteiger partial charge < -0.3 is 24.3 Å². The molecule has 2 aliphatic rings. The second-order valence-corrected chi connectivity index (χ2v) is 9.22. The molecule has 1 N–H and O–H groups in total. The Labute approximate surface area is 187 Å². The number of nitrogens with one attached hydrogen (secondary N) is 1. The highest BCUT2D eigenvalue weighted by molar-refractivity contribution is 7.89. The Hall–Kier alpha value is -2.82. The fraction of sp³-hybridized carbons (Fsp3) is 0.409. The molecule has 0 radical (unpaired) electrons. The van der Waals surface area contributed by atoms with E-state index in [0.717, 1.165) is 5.56 Å². The summed E-state index contributed by atoms with van der Waals surface area (Å²) in [5, 5.41) is 2.78. The number of sulfonamides is 1. The van der Waals surface area contributed by atoms with E-state index in [2.05, 4.69) is 5.32 Å². The number of hydrogen-bond acceptors (Lipinski definition) is 7. The first-order valence-corrected chi connectivity index (χ1v) is 11.9. The molecular weight excluding hydrogens is 436 g/mol. The van der Waals surface area contributed by atoms with E-state index in [1.165, 1.54) is 10.4 Å². The van der Waals surface area contributed by atoms with Crippen LogP contribution in [-0.4, -0.2) is 64.8 Å². The number of rotatable bonds is 7. The predicted octanol–water partition coefficient (Wildman–Crippen LogP) is 2.06. The second kappa shape index (κ2) is 9.76. The maximum Gasteiger partial charge on any atom is 0.246 e. The highest BCUT2D eigenvalue weighted by Crippen LogP contribution is 2.32. The largest absolute Gasteiger partial charge is 0.492 e. The zero-order valence-corrected chi connectivity index (χ0v) is 18.7.